The first-order valence-electron chi connectivity index (χ1n) is 15.2. The number of amides is 1. The number of rotatable bonds is 11. The van der Waals surface area contributed by atoms with E-state index in [2.05, 4.69) is 5.32 Å². The molecule has 2 saturated heterocycles. The van der Waals surface area contributed by atoms with Crippen molar-refractivity contribution in [3.05, 3.63) is 63.1 Å². The van der Waals surface area contributed by atoms with Gasteiger partial charge in [0.1, 0.15) is 6.04 Å². The van der Waals surface area contributed by atoms with Crippen molar-refractivity contribution in [3.8, 4) is 0 Å². The highest BCUT2D eigenvalue weighted by Crippen LogP contribution is 2.43. The van der Waals surface area contributed by atoms with Crippen LogP contribution in [-0.4, -0.2) is 74.2 Å². The average molecular weight is 664 g/mol. The third kappa shape index (κ3) is 5.96. The third-order valence-corrected chi connectivity index (χ3v) is 10.5. The smallest absolute Gasteiger partial charge is 0.355 e. The van der Waals surface area contributed by atoms with E-state index in [9.17, 15) is 32.0 Å². The van der Waals surface area contributed by atoms with Gasteiger partial charge < -0.3 is 28.8 Å². The number of alkyl halides is 1. The third-order valence-electron chi connectivity index (χ3n) is 8.59. The summed E-state index contributed by atoms with van der Waals surface area (Å²) in [6.07, 6.45) is -0.0748. The van der Waals surface area contributed by atoms with E-state index < -0.39 is 64.0 Å². The van der Waals surface area contributed by atoms with Crippen molar-refractivity contribution in [2.45, 2.75) is 81.9 Å². The minimum Gasteiger partial charge on any atom is -0.463 e. The van der Waals surface area contributed by atoms with Crippen molar-refractivity contribution in [3.63, 3.8) is 0 Å². The molecule has 1 aromatic heterocycles. The van der Waals surface area contributed by atoms with Crippen LogP contribution in [-0.2, 0) is 67.8 Å². The molecular weight excluding hydrogens is 625 g/mol. The lowest BCUT2D eigenvalue weighted by Gasteiger charge is -2.35. The molecule has 46 heavy (non-hydrogen) atoms. The van der Waals surface area contributed by atoms with Crippen molar-refractivity contribution < 1.29 is 46.1 Å². The van der Waals surface area contributed by atoms with Crippen LogP contribution in [0.5, 0.6) is 0 Å². The van der Waals surface area contributed by atoms with E-state index in [0.29, 0.717) is 6.42 Å². The zero-order valence-electron chi connectivity index (χ0n) is 26.0. The minimum absolute atomic E-state index is 0.0106. The predicted octanol–water partition coefficient (Wildman–Crippen LogP) is 1.91. The van der Waals surface area contributed by atoms with E-state index in [0.717, 1.165) is 9.87 Å². The number of hydrogen-bond donors (Lipinski definition) is 1. The van der Waals surface area contributed by atoms with Crippen LogP contribution in [0.4, 0.5) is 4.39 Å². The second-order valence-electron chi connectivity index (χ2n) is 11.5. The fourth-order valence-corrected chi connectivity index (χ4v) is 7.98. The first-order chi connectivity index (χ1) is 21.9. The first kappa shape index (κ1) is 33.7. The lowest BCUT2D eigenvalue weighted by Crippen LogP contribution is -2.50. The van der Waals surface area contributed by atoms with Gasteiger partial charge in [0.15, 0.2) is 0 Å². The van der Waals surface area contributed by atoms with Crippen molar-refractivity contribution >= 4 is 27.9 Å². The summed E-state index contributed by atoms with van der Waals surface area (Å²) >= 11 is 0. The zero-order valence-corrected chi connectivity index (χ0v) is 26.8. The van der Waals surface area contributed by atoms with Crippen LogP contribution in [0.15, 0.2) is 40.0 Å². The normalized spacial score (nSPS) is 20.3. The Labute approximate surface area is 266 Å². The number of carbonyl (C=O) groups excluding carboxylic acids is 3. The molecule has 4 heterocycles. The van der Waals surface area contributed by atoms with Gasteiger partial charge in [-0.25, -0.2) is 13.2 Å². The second kappa shape index (κ2) is 13.2. The Morgan fingerprint density at radius 1 is 1.15 bits per heavy atom. The van der Waals surface area contributed by atoms with Gasteiger partial charge in [0.05, 0.1) is 37.1 Å². The molecule has 15 heteroatoms. The van der Waals surface area contributed by atoms with E-state index >= 15 is 0 Å². The van der Waals surface area contributed by atoms with Crippen molar-refractivity contribution in [2.24, 2.45) is 0 Å². The number of nitrogens with zero attached hydrogens (tertiary/aromatic N) is 2. The van der Waals surface area contributed by atoms with Crippen molar-refractivity contribution in [1.82, 2.24) is 14.2 Å². The number of ether oxygens (including phenoxy) is 4. The van der Waals surface area contributed by atoms with Crippen LogP contribution in [0, 0.1) is 6.92 Å². The maximum absolute atomic E-state index is 14.5. The van der Waals surface area contributed by atoms with Gasteiger partial charge in [-0.15, -0.1) is 0 Å². The van der Waals surface area contributed by atoms with Crippen LogP contribution in [0.25, 0.3) is 0 Å². The van der Waals surface area contributed by atoms with Crippen LogP contribution in [0.2, 0.25) is 0 Å². The Hall–Kier alpha value is -3.66. The molecule has 0 saturated carbocycles. The summed E-state index contributed by atoms with van der Waals surface area (Å²) < 4.78 is 67.3. The molecule has 13 nitrogen and oxygen atoms in total. The summed E-state index contributed by atoms with van der Waals surface area (Å²) in [5.41, 5.74) is -2.38. The Bertz CT molecular complexity index is 1670. The van der Waals surface area contributed by atoms with Gasteiger partial charge in [-0.2, -0.15) is 4.31 Å². The number of esters is 2. The molecule has 2 aromatic rings. The quantitative estimate of drug-likeness (QED) is 0.352. The molecule has 1 spiro atoms. The number of nitrogens with one attached hydrogen (secondary N) is 1. The SMILES string of the molecule is CCOC(=O)C(CCF)(OC(=O)[C@H]1CCCN1S(=O)(=O)c1ccc(C)cc1)c1cc2n(c(=O)c1CNC(C)=O)CCC21OCCO1. The number of aryl methyl sites for hydroxylation is 1. The highest BCUT2D eigenvalue weighted by molar-refractivity contribution is 7.89. The van der Waals surface area contributed by atoms with E-state index in [-0.39, 0.29) is 74.0 Å². The number of aromatic nitrogens is 1. The number of pyridine rings is 1. The average Bonchev–Trinajstić information content (AvgIpc) is 3.78. The van der Waals surface area contributed by atoms with Gasteiger partial charge >= 0.3 is 11.9 Å². The van der Waals surface area contributed by atoms with Crippen LogP contribution in [0.3, 0.4) is 0 Å². The molecule has 5 rings (SSSR count). The number of hydrogen-bond acceptors (Lipinski definition) is 10. The number of benzene rings is 1. The Morgan fingerprint density at radius 2 is 1.85 bits per heavy atom. The zero-order chi connectivity index (χ0) is 33.3. The van der Waals surface area contributed by atoms with E-state index in [1.807, 2.05) is 6.92 Å². The molecular formula is C31H38FN3O10S. The fraction of sp³-hybridized carbons (Fsp3) is 0.548. The molecule has 1 unspecified atom stereocenters. The summed E-state index contributed by atoms with van der Waals surface area (Å²) in [7, 11) is -4.16. The highest BCUT2D eigenvalue weighted by Gasteiger charge is 2.53. The molecule has 0 radical (unpaired) electrons. The lowest BCUT2D eigenvalue weighted by molar-refractivity contribution is -0.188. The van der Waals surface area contributed by atoms with Gasteiger partial charge in [0.2, 0.25) is 27.3 Å². The fourth-order valence-electron chi connectivity index (χ4n) is 6.33. The molecule has 250 valence electrons. The highest BCUT2D eigenvalue weighted by atomic mass is 32.2. The maximum Gasteiger partial charge on any atom is 0.355 e. The van der Waals surface area contributed by atoms with Crippen LogP contribution in [0.1, 0.15) is 61.9 Å². The molecule has 3 aliphatic heterocycles. The maximum atomic E-state index is 14.5. The van der Waals surface area contributed by atoms with Crippen LogP contribution >= 0.6 is 0 Å². The van der Waals surface area contributed by atoms with Gasteiger partial charge in [0.25, 0.3) is 5.56 Å². The number of sulfonamides is 1. The largest absolute Gasteiger partial charge is 0.463 e. The predicted molar refractivity (Wildman–Crippen MR) is 160 cm³/mol. The van der Waals surface area contributed by atoms with Crippen molar-refractivity contribution in [2.75, 3.05) is 33.0 Å². The molecule has 3 aliphatic rings. The number of fused-ring (bicyclic) bond motifs is 2. The summed E-state index contributed by atoms with van der Waals surface area (Å²) in [5, 5.41) is 2.55. The molecule has 1 amide bonds. The lowest BCUT2D eigenvalue weighted by atomic mass is 9.86. The van der Waals surface area contributed by atoms with Crippen LogP contribution < -0.4 is 10.9 Å². The Morgan fingerprint density at radius 3 is 2.48 bits per heavy atom. The Balaban J connectivity index is 1.64. The van der Waals surface area contributed by atoms with Crippen molar-refractivity contribution in [1.29, 1.82) is 0 Å². The summed E-state index contributed by atoms with van der Waals surface area (Å²) in [5.74, 6) is -4.06. The summed E-state index contributed by atoms with van der Waals surface area (Å²) in [6.45, 7) is 3.52. The molecule has 2 atom stereocenters. The van der Waals surface area contributed by atoms with E-state index in [1.165, 1.54) is 36.6 Å². The van der Waals surface area contributed by atoms with Gasteiger partial charge in [-0.05, 0) is 44.9 Å². The molecule has 2 fully saturated rings. The van der Waals surface area contributed by atoms with E-state index in [4.69, 9.17) is 18.9 Å². The standard InChI is InChI=1S/C31H38FN3O10S/c1-4-42-29(39)30(11-13-32,45-28(38)25-6-5-14-35(25)46(40,41)22-9-7-20(2)8-10-22)24-18-26-31(43-16-17-44-31)12-15-34(26)27(37)23(24)19-33-21(3)36/h7-10,18,25H,4-6,11-17,19H2,1-3H3,(H,33,36)/t25-,30?/m1/s1. The summed E-state index contributed by atoms with van der Waals surface area (Å²) in [4.78, 5) is 53.9. The van der Waals surface area contributed by atoms with E-state index in [1.54, 1.807) is 12.1 Å². The second-order valence-corrected chi connectivity index (χ2v) is 13.4. The molecule has 1 N–H and O–H groups in total. The topological polar surface area (TPSA) is 160 Å². The Kier molecular flexibility index (Phi) is 9.68. The molecule has 0 aliphatic carbocycles. The van der Waals surface area contributed by atoms with Gasteiger partial charge in [-0.1, -0.05) is 17.7 Å². The number of carbonyl (C=O) groups is 3. The number of halogens is 1. The molecule has 0 bridgehead atoms. The summed E-state index contributed by atoms with van der Waals surface area (Å²) in [6, 6.07) is 6.21. The minimum atomic E-state index is -4.16. The first-order valence-corrected chi connectivity index (χ1v) is 16.7. The molecule has 1 aromatic carbocycles. The van der Waals surface area contributed by atoms with Gasteiger partial charge in [0, 0.05) is 50.5 Å². The monoisotopic (exact) mass is 663 g/mol. The van der Waals surface area contributed by atoms with Gasteiger partial charge in [-0.3, -0.25) is 18.8 Å².